The van der Waals surface area contributed by atoms with E-state index in [1.54, 1.807) is 6.92 Å². The standard InChI is InChI=1S/C21H40N4O3/c1-17(2)16-28-21(27)25-14-10-23(11-15-25)19(4)7-6-18(3)22-8-12-24(13-9-22)20(5)26/h17-19H,6-16H2,1-5H3. The minimum Gasteiger partial charge on any atom is -0.449 e. The topological polar surface area (TPSA) is 56.3 Å². The van der Waals surface area contributed by atoms with Gasteiger partial charge < -0.3 is 14.5 Å². The highest BCUT2D eigenvalue weighted by molar-refractivity contribution is 5.73. The van der Waals surface area contributed by atoms with Crippen molar-refractivity contribution in [1.82, 2.24) is 19.6 Å². The van der Waals surface area contributed by atoms with Crippen LogP contribution in [0.3, 0.4) is 0 Å². The van der Waals surface area contributed by atoms with E-state index in [-0.39, 0.29) is 12.0 Å². The number of carbonyl (C=O) groups is 2. The molecule has 2 fully saturated rings. The highest BCUT2D eigenvalue weighted by atomic mass is 16.6. The van der Waals surface area contributed by atoms with Gasteiger partial charge in [0.25, 0.3) is 0 Å². The van der Waals surface area contributed by atoms with Crippen LogP contribution in [-0.2, 0) is 9.53 Å². The Kier molecular flexibility index (Phi) is 9.02. The second-order valence-corrected chi connectivity index (χ2v) is 8.81. The van der Waals surface area contributed by atoms with Gasteiger partial charge in [0, 0.05) is 71.4 Å². The van der Waals surface area contributed by atoms with E-state index in [1.165, 1.54) is 0 Å². The van der Waals surface area contributed by atoms with Crippen LogP contribution < -0.4 is 0 Å². The molecule has 162 valence electrons. The molecule has 0 radical (unpaired) electrons. The summed E-state index contributed by atoms with van der Waals surface area (Å²) in [4.78, 5) is 32.3. The minimum atomic E-state index is -0.167. The Hall–Kier alpha value is -1.34. The van der Waals surface area contributed by atoms with Gasteiger partial charge in [-0.05, 0) is 32.6 Å². The number of nitrogens with zero attached hydrogens (tertiary/aromatic N) is 4. The number of rotatable bonds is 7. The lowest BCUT2D eigenvalue weighted by molar-refractivity contribution is -0.130. The van der Waals surface area contributed by atoms with E-state index in [0.29, 0.717) is 24.6 Å². The molecule has 0 bridgehead atoms. The van der Waals surface area contributed by atoms with Gasteiger partial charge in [-0.25, -0.2) is 4.79 Å². The van der Waals surface area contributed by atoms with Crippen LogP contribution in [-0.4, -0.2) is 103 Å². The zero-order valence-electron chi connectivity index (χ0n) is 18.5. The van der Waals surface area contributed by atoms with Gasteiger partial charge in [-0.3, -0.25) is 14.6 Å². The molecule has 2 atom stereocenters. The second kappa shape index (κ2) is 11.0. The molecule has 2 rings (SSSR count). The van der Waals surface area contributed by atoms with Crippen molar-refractivity contribution in [3.05, 3.63) is 0 Å². The molecule has 2 aliphatic heterocycles. The van der Waals surface area contributed by atoms with Gasteiger partial charge in [0.05, 0.1) is 6.61 Å². The Morgan fingerprint density at radius 3 is 1.57 bits per heavy atom. The van der Waals surface area contributed by atoms with Crippen molar-refractivity contribution in [3.63, 3.8) is 0 Å². The first-order chi connectivity index (χ1) is 13.3. The quantitative estimate of drug-likeness (QED) is 0.660. The summed E-state index contributed by atoms with van der Waals surface area (Å²) >= 11 is 0. The highest BCUT2D eigenvalue weighted by Gasteiger charge is 2.26. The molecule has 2 unspecified atom stereocenters. The van der Waals surface area contributed by atoms with Gasteiger partial charge in [-0.15, -0.1) is 0 Å². The Morgan fingerprint density at radius 2 is 1.18 bits per heavy atom. The molecule has 2 heterocycles. The summed E-state index contributed by atoms with van der Waals surface area (Å²) in [6, 6.07) is 1.07. The minimum absolute atomic E-state index is 0.167. The summed E-state index contributed by atoms with van der Waals surface area (Å²) < 4.78 is 5.35. The average Bonchev–Trinajstić information content (AvgIpc) is 2.70. The SMILES string of the molecule is CC(=O)N1CCN(C(C)CCC(C)N2CCN(C(=O)OCC(C)C)CC2)CC1. The molecule has 0 spiro atoms. The Labute approximate surface area is 171 Å². The molecular formula is C21H40N4O3. The van der Waals surface area contributed by atoms with E-state index in [4.69, 9.17) is 4.74 Å². The van der Waals surface area contributed by atoms with Crippen LogP contribution in [0.15, 0.2) is 0 Å². The number of hydrogen-bond donors (Lipinski definition) is 0. The molecule has 0 aromatic carbocycles. The predicted molar refractivity (Wildman–Crippen MR) is 111 cm³/mol. The molecular weight excluding hydrogens is 356 g/mol. The fourth-order valence-corrected chi connectivity index (χ4v) is 4.00. The molecule has 0 saturated carbocycles. The summed E-state index contributed by atoms with van der Waals surface area (Å²) in [6.07, 6.45) is 2.16. The molecule has 7 heteroatoms. The zero-order chi connectivity index (χ0) is 20.7. The molecule has 7 nitrogen and oxygen atoms in total. The number of piperazine rings is 2. The van der Waals surface area contributed by atoms with E-state index in [0.717, 1.165) is 65.2 Å². The van der Waals surface area contributed by atoms with Gasteiger partial charge in [0.15, 0.2) is 0 Å². The smallest absolute Gasteiger partial charge is 0.409 e. The van der Waals surface area contributed by atoms with Crippen LogP contribution >= 0.6 is 0 Å². The lowest BCUT2D eigenvalue weighted by Gasteiger charge is -2.40. The third-order valence-corrected chi connectivity index (χ3v) is 6.12. The maximum atomic E-state index is 12.1. The number of amides is 2. The maximum Gasteiger partial charge on any atom is 0.409 e. The second-order valence-electron chi connectivity index (χ2n) is 8.81. The van der Waals surface area contributed by atoms with Gasteiger partial charge in [0.1, 0.15) is 0 Å². The molecule has 0 aromatic rings. The maximum absolute atomic E-state index is 12.1. The molecule has 2 aliphatic rings. The summed E-state index contributed by atoms with van der Waals surface area (Å²) in [5, 5.41) is 0. The first-order valence-electron chi connectivity index (χ1n) is 10.9. The van der Waals surface area contributed by atoms with Crippen molar-refractivity contribution >= 4 is 12.0 Å². The van der Waals surface area contributed by atoms with Crippen LogP contribution in [0, 0.1) is 5.92 Å². The number of hydrogen-bond acceptors (Lipinski definition) is 5. The normalized spacial score (nSPS) is 21.6. The molecule has 0 aliphatic carbocycles. The molecule has 28 heavy (non-hydrogen) atoms. The van der Waals surface area contributed by atoms with Crippen molar-refractivity contribution in [2.75, 3.05) is 59.0 Å². The summed E-state index contributed by atoms with van der Waals surface area (Å²) in [5.74, 6) is 0.561. The summed E-state index contributed by atoms with van der Waals surface area (Å²) in [5.41, 5.74) is 0. The van der Waals surface area contributed by atoms with Gasteiger partial charge in [-0.2, -0.15) is 0 Å². The van der Waals surface area contributed by atoms with E-state index in [2.05, 4.69) is 37.5 Å². The lowest BCUT2D eigenvalue weighted by Crippen LogP contribution is -2.52. The van der Waals surface area contributed by atoms with Gasteiger partial charge in [-0.1, -0.05) is 13.8 Å². The van der Waals surface area contributed by atoms with Crippen LogP contribution in [0.4, 0.5) is 4.79 Å². The third kappa shape index (κ3) is 6.92. The average molecular weight is 397 g/mol. The van der Waals surface area contributed by atoms with Crippen molar-refractivity contribution < 1.29 is 14.3 Å². The summed E-state index contributed by atoms with van der Waals surface area (Å²) in [6.45, 7) is 17.9. The van der Waals surface area contributed by atoms with E-state index in [1.807, 2.05) is 9.80 Å². The van der Waals surface area contributed by atoms with Gasteiger partial charge >= 0.3 is 6.09 Å². The van der Waals surface area contributed by atoms with Crippen molar-refractivity contribution in [3.8, 4) is 0 Å². The third-order valence-electron chi connectivity index (χ3n) is 6.12. The fraction of sp³-hybridized carbons (Fsp3) is 0.905. The van der Waals surface area contributed by atoms with Crippen molar-refractivity contribution in [1.29, 1.82) is 0 Å². The van der Waals surface area contributed by atoms with Crippen molar-refractivity contribution in [2.24, 2.45) is 5.92 Å². The van der Waals surface area contributed by atoms with E-state index >= 15 is 0 Å². The van der Waals surface area contributed by atoms with Crippen molar-refractivity contribution in [2.45, 2.75) is 59.5 Å². The molecule has 2 saturated heterocycles. The highest BCUT2D eigenvalue weighted by Crippen LogP contribution is 2.16. The van der Waals surface area contributed by atoms with Crippen LogP contribution in [0.25, 0.3) is 0 Å². The molecule has 2 amide bonds. The molecule has 0 N–H and O–H groups in total. The predicted octanol–water partition coefficient (Wildman–Crippen LogP) is 2.12. The van der Waals surface area contributed by atoms with E-state index in [9.17, 15) is 9.59 Å². The largest absolute Gasteiger partial charge is 0.449 e. The van der Waals surface area contributed by atoms with Gasteiger partial charge in [0.2, 0.25) is 5.91 Å². The fourth-order valence-electron chi connectivity index (χ4n) is 4.00. The number of ether oxygens (including phenoxy) is 1. The van der Waals surface area contributed by atoms with Crippen LogP contribution in [0.5, 0.6) is 0 Å². The van der Waals surface area contributed by atoms with E-state index < -0.39 is 0 Å². The zero-order valence-corrected chi connectivity index (χ0v) is 18.5. The first kappa shape index (κ1) is 22.9. The summed E-state index contributed by atoms with van der Waals surface area (Å²) in [7, 11) is 0. The Morgan fingerprint density at radius 1 is 0.750 bits per heavy atom. The number of carbonyl (C=O) groups excluding carboxylic acids is 2. The monoisotopic (exact) mass is 396 g/mol. The lowest BCUT2D eigenvalue weighted by atomic mass is 10.0. The Bertz CT molecular complexity index is 498. The molecule has 0 aromatic heterocycles. The van der Waals surface area contributed by atoms with Crippen LogP contribution in [0.1, 0.15) is 47.5 Å². The Balaban J connectivity index is 1.65. The van der Waals surface area contributed by atoms with Crippen LogP contribution in [0.2, 0.25) is 0 Å². The first-order valence-corrected chi connectivity index (χ1v) is 10.9.